The molecule has 0 aliphatic carbocycles. The second-order valence-electron chi connectivity index (χ2n) is 26.5. The molecule has 0 radical (unpaired) electrons. The van der Waals surface area contributed by atoms with Gasteiger partial charge in [-0.1, -0.05) is 155 Å². The molecule has 0 unspecified atom stereocenters. The van der Waals surface area contributed by atoms with E-state index in [1.807, 2.05) is 13.0 Å². The van der Waals surface area contributed by atoms with Crippen molar-refractivity contribution >= 4 is 0 Å². The van der Waals surface area contributed by atoms with Crippen molar-refractivity contribution in [1.29, 1.82) is 0 Å². The van der Waals surface area contributed by atoms with Crippen LogP contribution in [0, 0.1) is 69.2 Å². The largest absolute Gasteiger partial charge is 0.212 e. The summed E-state index contributed by atoms with van der Waals surface area (Å²) < 4.78 is 31.8. The zero-order valence-electron chi connectivity index (χ0n) is 61.6. The van der Waals surface area contributed by atoms with Crippen LogP contribution in [0.5, 0.6) is 0 Å². The van der Waals surface area contributed by atoms with Gasteiger partial charge in [0.2, 0.25) is 22.8 Å². The Morgan fingerprint density at radius 2 is 0.523 bits per heavy atom. The highest BCUT2D eigenvalue weighted by Gasteiger charge is 2.32. The number of hydrogen-bond donors (Lipinski definition) is 0. The molecule has 0 aliphatic heterocycles. The summed E-state index contributed by atoms with van der Waals surface area (Å²) in [5.74, 6) is 0. The lowest BCUT2D eigenvalue weighted by Gasteiger charge is -2.28. The van der Waals surface area contributed by atoms with Crippen LogP contribution < -0.4 is 18.3 Å². The molecule has 0 amide bonds. The van der Waals surface area contributed by atoms with E-state index in [1.54, 1.807) is 12.1 Å². The molecule has 0 fully saturated rings. The number of rotatable bonds is 16. The van der Waals surface area contributed by atoms with E-state index >= 15 is 0 Å². The minimum absolute atomic E-state index is 0.181. The van der Waals surface area contributed by atoms with E-state index in [4.69, 9.17) is 4.11 Å². The molecule has 4 aromatic carbocycles. The Kier molecular flexibility index (Phi) is 22.8. The molecule has 0 N–H and O–H groups in total. The van der Waals surface area contributed by atoms with Crippen molar-refractivity contribution in [2.24, 2.45) is 28.2 Å². The van der Waals surface area contributed by atoms with Crippen molar-refractivity contribution in [1.82, 2.24) is 0 Å². The number of benzene rings is 4. The summed E-state index contributed by atoms with van der Waals surface area (Å²) in [6.07, 6.45) is 18.5. The smallest absolute Gasteiger partial charge is 0.201 e. The summed E-state index contributed by atoms with van der Waals surface area (Å²) in [6, 6.07) is 38.7. The van der Waals surface area contributed by atoms with Crippen LogP contribution in [0.4, 0.5) is 0 Å². The first kappa shape index (κ1) is 65.5. The summed E-state index contributed by atoms with van der Waals surface area (Å²) in [6.45, 7) is 45.3. The maximum atomic E-state index is 7.59. The highest BCUT2D eigenvalue weighted by molar-refractivity contribution is 5.65. The molecule has 4 heteroatoms. The third-order valence-electron chi connectivity index (χ3n) is 20.8. The van der Waals surface area contributed by atoms with E-state index in [1.165, 1.54) is 139 Å². The minimum atomic E-state index is -2.06. The average molecular weight is 1160 g/mol. The highest BCUT2D eigenvalue weighted by atomic mass is 14.9. The van der Waals surface area contributed by atoms with Gasteiger partial charge in [0, 0.05) is 72.9 Å². The van der Waals surface area contributed by atoms with Gasteiger partial charge in [-0.25, -0.2) is 18.3 Å². The number of pyridine rings is 4. The molecule has 0 bridgehead atoms. The summed E-state index contributed by atoms with van der Waals surface area (Å²) in [5.41, 5.74) is 29.1. The Balaban J connectivity index is 0.000000216. The van der Waals surface area contributed by atoms with Gasteiger partial charge in [0.15, 0.2) is 24.8 Å². The topological polar surface area (TPSA) is 15.5 Å². The molecule has 4 heterocycles. The van der Waals surface area contributed by atoms with Crippen molar-refractivity contribution < 1.29 is 22.4 Å². The standard InChI is InChI=1S/2C21H30N.2C20H28N/c2*1-8-21(6,9-2)19-14-22(7)20(13-17(19)5)18-11-10-15(3)12-16(18)4;2*1-7-20(5,8-2)18-14-21(6)19(13-16(18)4)17-12-10-9-11-15(17)3/h2*10-14H,8-9H2,1-7H3;2*9-14H,7-8H2,1-6H3/q4*+1/i3D3;;;. The van der Waals surface area contributed by atoms with Crippen molar-refractivity contribution in [3.63, 3.8) is 0 Å². The van der Waals surface area contributed by atoms with Gasteiger partial charge in [0.1, 0.15) is 28.2 Å². The Labute approximate surface area is 530 Å². The Hall–Kier alpha value is -6.52. The lowest BCUT2D eigenvalue weighted by atomic mass is 9.76. The van der Waals surface area contributed by atoms with Gasteiger partial charge in [-0.05, 0) is 211 Å². The van der Waals surface area contributed by atoms with Crippen LogP contribution in [0.1, 0.15) is 216 Å². The number of hydrogen-bond acceptors (Lipinski definition) is 0. The molecular formula is C82H116N4+4. The molecule has 4 nitrogen and oxygen atoms in total. The highest BCUT2D eigenvalue weighted by Crippen LogP contribution is 2.38. The van der Waals surface area contributed by atoms with Gasteiger partial charge in [0.25, 0.3) is 0 Å². The van der Waals surface area contributed by atoms with Crippen molar-refractivity contribution in [2.75, 3.05) is 0 Å². The Bertz CT molecular complexity index is 3580. The molecule has 86 heavy (non-hydrogen) atoms. The average Bonchev–Trinajstić information content (AvgIpc) is 3.64. The van der Waals surface area contributed by atoms with E-state index in [2.05, 4.69) is 301 Å². The fourth-order valence-corrected chi connectivity index (χ4v) is 12.9. The second-order valence-corrected chi connectivity index (χ2v) is 26.5. The monoisotopic (exact) mass is 1160 g/mol. The van der Waals surface area contributed by atoms with Crippen LogP contribution in [-0.4, -0.2) is 0 Å². The molecule has 8 rings (SSSR count). The number of aryl methyl sites for hydroxylation is 14. The van der Waals surface area contributed by atoms with Crippen LogP contribution in [0.25, 0.3) is 45.0 Å². The molecule has 0 atom stereocenters. The summed E-state index contributed by atoms with van der Waals surface area (Å²) in [4.78, 5) is 0. The van der Waals surface area contributed by atoms with E-state index in [-0.39, 0.29) is 21.7 Å². The number of nitrogens with zero attached hydrogens (tertiary/aromatic N) is 4. The third kappa shape index (κ3) is 15.8. The van der Waals surface area contributed by atoms with Gasteiger partial charge < -0.3 is 0 Å². The van der Waals surface area contributed by atoms with Crippen molar-refractivity contribution in [2.45, 2.75) is 225 Å². The predicted molar refractivity (Wildman–Crippen MR) is 371 cm³/mol. The maximum Gasteiger partial charge on any atom is 0.212 e. The fraction of sp³-hybridized carbons (Fsp3) is 0.463. The van der Waals surface area contributed by atoms with Crippen LogP contribution in [-0.2, 0) is 49.9 Å². The first-order valence-corrected chi connectivity index (χ1v) is 32.5. The Morgan fingerprint density at radius 3 is 0.756 bits per heavy atom. The maximum absolute atomic E-state index is 7.59. The van der Waals surface area contributed by atoms with Gasteiger partial charge in [-0.3, -0.25) is 0 Å². The van der Waals surface area contributed by atoms with E-state index in [0.29, 0.717) is 5.56 Å². The van der Waals surface area contributed by atoms with Crippen LogP contribution in [0.2, 0.25) is 0 Å². The van der Waals surface area contributed by atoms with Crippen LogP contribution in [0.3, 0.4) is 0 Å². The van der Waals surface area contributed by atoms with Crippen molar-refractivity contribution in [3.8, 4) is 45.0 Å². The second kappa shape index (κ2) is 29.9. The normalized spacial score (nSPS) is 12.4. The Morgan fingerprint density at radius 1 is 0.291 bits per heavy atom. The van der Waals surface area contributed by atoms with Gasteiger partial charge in [-0.2, -0.15) is 0 Å². The van der Waals surface area contributed by atoms with Crippen molar-refractivity contribution in [3.05, 3.63) is 212 Å². The molecule has 0 saturated heterocycles. The van der Waals surface area contributed by atoms with Gasteiger partial charge >= 0.3 is 0 Å². The minimum Gasteiger partial charge on any atom is -0.201 e. The summed E-state index contributed by atoms with van der Waals surface area (Å²) >= 11 is 0. The van der Waals surface area contributed by atoms with E-state index in [9.17, 15) is 0 Å². The van der Waals surface area contributed by atoms with Gasteiger partial charge in [0.05, 0.1) is 0 Å². The number of aromatic nitrogens is 4. The lowest BCUT2D eigenvalue weighted by Crippen LogP contribution is -2.35. The first-order valence-electron chi connectivity index (χ1n) is 34.0. The molecule has 0 spiro atoms. The first-order chi connectivity index (χ1) is 41.7. The van der Waals surface area contributed by atoms with E-state index < -0.39 is 6.85 Å². The molecule has 0 aliphatic rings. The SMILES string of the molecule is CCC(C)(CC)c1c[n+](C)c(-c2ccc(C)cc2C)cc1C.CCC(C)(CC)c1c[n+](C)c(-c2ccccc2C)cc1C.CCC(C)(CC)c1c[n+](C)c(-c2ccccc2C)cc1C.[2H]C([2H])([2H])c1ccc(-c2cc(C)c(C(C)(CC)CC)c[n+]2C)c(C)c1. The predicted octanol–water partition coefficient (Wildman–Crippen LogP) is 20.1. The lowest BCUT2D eigenvalue weighted by molar-refractivity contribution is -0.661. The molecule has 0 saturated carbocycles. The van der Waals surface area contributed by atoms with Gasteiger partial charge in [-0.15, -0.1) is 0 Å². The molecule has 460 valence electrons. The molecular weight excluding hydrogens is 1040 g/mol. The third-order valence-corrected chi connectivity index (χ3v) is 20.8. The zero-order valence-corrected chi connectivity index (χ0v) is 58.6. The van der Waals surface area contributed by atoms with E-state index in [0.717, 1.165) is 29.7 Å². The van der Waals surface area contributed by atoms with Crippen LogP contribution >= 0.6 is 0 Å². The van der Waals surface area contributed by atoms with Crippen LogP contribution in [0.15, 0.2) is 134 Å². The molecule has 4 aromatic heterocycles. The summed E-state index contributed by atoms with van der Waals surface area (Å²) in [7, 11) is 8.57. The zero-order chi connectivity index (χ0) is 66.7. The fourth-order valence-electron chi connectivity index (χ4n) is 12.9. The summed E-state index contributed by atoms with van der Waals surface area (Å²) in [5, 5.41) is 0. The molecule has 8 aromatic rings. The quantitative estimate of drug-likeness (QED) is 0.0857.